The largest absolute Gasteiger partial charge is 0.353 e. The van der Waals surface area contributed by atoms with E-state index in [9.17, 15) is 0 Å². The van der Waals surface area contributed by atoms with Gasteiger partial charge in [-0.3, -0.25) is 0 Å². The second-order valence-electron chi connectivity index (χ2n) is 5.54. The molecular formula is C16H18N4S. The van der Waals surface area contributed by atoms with E-state index >= 15 is 0 Å². The molecule has 1 aromatic carbocycles. The van der Waals surface area contributed by atoms with E-state index in [2.05, 4.69) is 57.9 Å². The quantitative estimate of drug-likeness (QED) is 0.810. The van der Waals surface area contributed by atoms with Gasteiger partial charge in [0.1, 0.15) is 10.8 Å². The minimum Gasteiger partial charge on any atom is -0.353 e. The van der Waals surface area contributed by atoms with Crippen LogP contribution in [-0.2, 0) is 0 Å². The fourth-order valence-corrected chi connectivity index (χ4v) is 3.55. The first kappa shape index (κ1) is 12.9. The highest BCUT2D eigenvalue weighted by atomic mass is 32.1. The van der Waals surface area contributed by atoms with Crippen molar-refractivity contribution in [1.29, 1.82) is 0 Å². The van der Waals surface area contributed by atoms with Crippen LogP contribution >= 0.6 is 11.3 Å². The topological polar surface area (TPSA) is 30.9 Å². The molecule has 0 amide bonds. The predicted octanol–water partition coefficient (Wildman–Crippen LogP) is 3.13. The molecule has 0 atom stereocenters. The van der Waals surface area contributed by atoms with Gasteiger partial charge in [-0.15, -0.1) is 11.3 Å². The molecule has 1 fully saturated rings. The van der Waals surface area contributed by atoms with Gasteiger partial charge in [-0.2, -0.15) is 0 Å². The second kappa shape index (κ2) is 5.16. The van der Waals surface area contributed by atoms with Crippen molar-refractivity contribution in [3.63, 3.8) is 0 Å². The van der Waals surface area contributed by atoms with Gasteiger partial charge in [0.2, 0.25) is 0 Å². The smallest absolute Gasteiger partial charge is 0.142 e. The van der Waals surface area contributed by atoms with Crippen molar-refractivity contribution < 1.29 is 0 Å². The summed E-state index contributed by atoms with van der Waals surface area (Å²) in [5.41, 5.74) is 3.45. The molecule has 4 nitrogen and oxygen atoms in total. The summed E-state index contributed by atoms with van der Waals surface area (Å²) < 4.78 is 0. The first-order valence-electron chi connectivity index (χ1n) is 7.27. The van der Waals surface area contributed by atoms with Crippen molar-refractivity contribution in [2.24, 2.45) is 4.99 Å². The third-order valence-electron chi connectivity index (χ3n) is 4.09. The molecule has 1 saturated heterocycles. The maximum Gasteiger partial charge on any atom is 0.142 e. The van der Waals surface area contributed by atoms with Crippen LogP contribution in [-0.4, -0.2) is 48.9 Å². The molecular weight excluding hydrogens is 280 g/mol. The Morgan fingerprint density at radius 2 is 1.86 bits per heavy atom. The molecule has 0 unspecified atom stereocenters. The number of rotatable bonds is 0. The number of para-hydroxylation sites is 1. The van der Waals surface area contributed by atoms with Crippen LogP contribution < -0.4 is 5.32 Å². The molecule has 0 spiro atoms. The lowest BCUT2D eigenvalue weighted by molar-refractivity contribution is 0.216. The Kier molecular flexibility index (Phi) is 3.16. The Bertz CT molecular complexity index is 683. The summed E-state index contributed by atoms with van der Waals surface area (Å²) in [7, 11) is 2.18. The summed E-state index contributed by atoms with van der Waals surface area (Å²) in [6.07, 6.45) is 0. The molecule has 4 rings (SSSR count). The number of piperazine rings is 1. The molecule has 1 aromatic heterocycles. The van der Waals surface area contributed by atoms with Crippen LogP contribution in [0.5, 0.6) is 0 Å². The maximum atomic E-state index is 4.97. The van der Waals surface area contributed by atoms with Gasteiger partial charge < -0.3 is 15.1 Å². The Balaban J connectivity index is 1.80. The van der Waals surface area contributed by atoms with Gasteiger partial charge in [0.25, 0.3) is 0 Å². The monoisotopic (exact) mass is 298 g/mol. The van der Waals surface area contributed by atoms with Crippen LogP contribution in [0.2, 0.25) is 0 Å². The van der Waals surface area contributed by atoms with Crippen LogP contribution in [0.3, 0.4) is 0 Å². The molecule has 0 aliphatic carbocycles. The van der Waals surface area contributed by atoms with Gasteiger partial charge in [0.05, 0.1) is 5.69 Å². The van der Waals surface area contributed by atoms with Gasteiger partial charge >= 0.3 is 0 Å². The Morgan fingerprint density at radius 3 is 2.71 bits per heavy atom. The van der Waals surface area contributed by atoms with E-state index in [0.717, 1.165) is 48.4 Å². The standard InChI is InChI=1S/C16H18N4S/c1-19-7-9-20(10-8-19)15-12-4-2-3-5-13(12)17-14-6-11-21-16(14)18-15/h2-6,11,17H,7-10H2,1H3. The van der Waals surface area contributed by atoms with Crippen LogP contribution in [0.4, 0.5) is 16.4 Å². The van der Waals surface area contributed by atoms with Crippen LogP contribution in [0, 0.1) is 0 Å². The molecule has 0 bridgehead atoms. The van der Waals surface area contributed by atoms with E-state index in [1.807, 2.05) is 0 Å². The van der Waals surface area contributed by atoms with Crippen molar-refractivity contribution in [2.75, 3.05) is 38.5 Å². The molecule has 0 radical (unpaired) electrons. The highest BCUT2D eigenvalue weighted by molar-refractivity contribution is 7.14. The summed E-state index contributed by atoms with van der Waals surface area (Å²) in [6.45, 7) is 4.24. The molecule has 3 heterocycles. The molecule has 1 N–H and O–H groups in total. The summed E-state index contributed by atoms with van der Waals surface area (Å²) in [6, 6.07) is 10.6. The number of nitrogens with zero attached hydrogens (tertiary/aromatic N) is 3. The molecule has 0 saturated carbocycles. The van der Waals surface area contributed by atoms with Crippen LogP contribution in [0.15, 0.2) is 40.7 Å². The first-order valence-corrected chi connectivity index (χ1v) is 8.15. The summed E-state index contributed by atoms with van der Waals surface area (Å²) >= 11 is 1.69. The molecule has 2 aromatic rings. The zero-order valence-electron chi connectivity index (χ0n) is 12.0. The van der Waals surface area contributed by atoms with Crippen molar-refractivity contribution in [3.8, 4) is 0 Å². The number of amidine groups is 1. The normalized spacial score (nSPS) is 18.3. The van der Waals surface area contributed by atoms with Crippen LogP contribution in [0.1, 0.15) is 5.56 Å². The second-order valence-corrected chi connectivity index (χ2v) is 6.43. The van der Waals surface area contributed by atoms with Crippen molar-refractivity contribution in [1.82, 2.24) is 9.80 Å². The highest BCUT2D eigenvalue weighted by Crippen LogP contribution is 2.38. The lowest BCUT2D eigenvalue weighted by Gasteiger charge is -2.34. The third-order valence-corrected chi connectivity index (χ3v) is 4.90. The van der Waals surface area contributed by atoms with E-state index in [-0.39, 0.29) is 0 Å². The minimum atomic E-state index is 1.03. The Hall–Kier alpha value is -1.85. The van der Waals surface area contributed by atoms with Gasteiger partial charge in [-0.25, -0.2) is 4.99 Å². The van der Waals surface area contributed by atoms with E-state index in [4.69, 9.17) is 4.99 Å². The number of anilines is 2. The van der Waals surface area contributed by atoms with E-state index < -0.39 is 0 Å². The lowest BCUT2D eigenvalue weighted by Crippen LogP contribution is -2.47. The number of hydrogen-bond donors (Lipinski definition) is 1. The zero-order chi connectivity index (χ0) is 14.2. The van der Waals surface area contributed by atoms with Crippen LogP contribution in [0.25, 0.3) is 0 Å². The fourth-order valence-electron chi connectivity index (χ4n) is 2.83. The molecule has 108 valence electrons. The average molecular weight is 298 g/mol. The third kappa shape index (κ3) is 2.32. The number of thiophene rings is 1. The number of fused-ring (bicyclic) bond motifs is 2. The zero-order valence-corrected chi connectivity index (χ0v) is 12.9. The Morgan fingerprint density at radius 1 is 1.05 bits per heavy atom. The molecule has 21 heavy (non-hydrogen) atoms. The number of nitrogens with one attached hydrogen (secondary N) is 1. The first-order chi connectivity index (χ1) is 10.3. The average Bonchev–Trinajstić information content (AvgIpc) is 2.88. The predicted molar refractivity (Wildman–Crippen MR) is 89.3 cm³/mol. The fraction of sp³-hybridized carbons (Fsp3) is 0.312. The summed E-state index contributed by atoms with van der Waals surface area (Å²) in [5, 5.41) is 6.68. The lowest BCUT2D eigenvalue weighted by atomic mass is 10.1. The SMILES string of the molecule is CN1CCN(C2=Nc3sccc3Nc3ccccc32)CC1. The number of hydrogen-bond acceptors (Lipinski definition) is 5. The summed E-state index contributed by atoms with van der Waals surface area (Å²) in [5.74, 6) is 1.10. The van der Waals surface area contributed by atoms with Crippen molar-refractivity contribution >= 4 is 33.5 Å². The minimum absolute atomic E-state index is 1.03. The van der Waals surface area contributed by atoms with Crippen molar-refractivity contribution in [3.05, 3.63) is 41.3 Å². The number of likely N-dealkylation sites (N-methyl/N-ethyl adjacent to an activating group) is 1. The van der Waals surface area contributed by atoms with E-state index in [1.165, 1.54) is 5.56 Å². The van der Waals surface area contributed by atoms with E-state index in [0.29, 0.717) is 0 Å². The van der Waals surface area contributed by atoms with Gasteiger partial charge in [0.15, 0.2) is 0 Å². The summed E-state index contributed by atoms with van der Waals surface area (Å²) in [4.78, 5) is 9.75. The van der Waals surface area contributed by atoms with Gasteiger partial charge in [-0.1, -0.05) is 12.1 Å². The van der Waals surface area contributed by atoms with E-state index in [1.54, 1.807) is 11.3 Å². The highest BCUT2D eigenvalue weighted by Gasteiger charge is 2.23. The molecule has 5 heteroatoms. The van der Waals surface area contributed by atoms with Gasteiger partial charge in [-0.05, 0) is 30.6 Å². The Labute approximate surface area is 128 Å². The maximum absolute atomic E-state index is 4.97. The van der Waals surface area contributed by atoms with Crippen molar-refractivity contribution in [2.45, 2.75) is 0 Å². The number of benzene rings is 1. The molecule has 2 aliphatic heterocycles. The number of aliphatic imine (C=N–C) groups is 1. The van der Waals surface area contributed by atoms with Gasteiger partial charge in [0, 0.05) is 37.4 Å². The molecule has 2 aliphatic rings.